The minimum absolute atomic E-state index is 0.0654. The van der Waals surface area contributed by atoms with Crippen molar-refractivity contribution in [2.45, 2.75) is 19.8 Å². The summed E-state index contributed by atoms with van der Waals surface area (Å²) in [5.41, 5.74) is 1.84. The largest absolute Gasteiger partial charge is 0.376 e. The second-order valence-electron chi connectivity index (χ2n) is 5.75. The topological polar surface area (TPSA) is 70.2 Å². The first-order chi connectivity index (χ1) is 12.5. The highest BCUT2D eigenvalue weighted by molar-refractivity contribution is 6.35. The Hall–Kier alpha value is -2.24. The molecule has 7 heteroatoms. The van der Waals surface area contributed by atoms with Gasteiger partial charge in [0.2, 0.25) is 5.91 Å². The third-order valence-electron chi connectivity index (χ3n) is 3.56. The zero-order valence-electron chi connectivity index (χ0n) is 14.4. The lowest BCUT2D eigenvalue weighted by molar-refractivity contribution is -0.114. The summed E-state index contributed by atoms with van der Waals surface area (Å²) < 4.78 is 0. The fourth-order valence-corrected chi connectivity index (χ4v) is 2.76. The quantitative estimate of drug-likeness (QED) is 0.575. The van der Waals surface area contributed by atoms with Crippen molar-refractivity contribution in [1.29, 1.82) is 0 Å². The van der Waals surface area contributed by atoms with Gasteiger partial charge >= 0.3 is 0 Å². The highest BCUT2D eigenvalue weighted by Crippen LogP contribution is 2.22. The van der Waals surface area contributed by atoms with Gasteiger partial charge in [-0.15, -0.1) is 0 Å². The molecule has 0 saturated carbocycles. The Morgan fingerprint density at radius 3 is 2.23 bits per heavy atom. The van der Waals surface area contributed by atoms with Crippen molar-refractivity contribution in [2.75, 3.05) is 23.7 Å². The van der Waals surface area contributed by atoms with Gasteiger partial charge in [-0.05, 0) is 48.9 Å². The monoisotopic (exact) mass is 393 g/mol. The van der Waals surface area contributed by atoms with Crippen molar-refractivity contribution in [3.05, 3.63) is 58.1 Å². The molecule has 138 valence electrons. The lowest BCUT2D eigenvalue weighted by Gasteiger charge is -2.09. The second kappa shape index (κ2) is 10.0. The third-order valence-corrected chi connectivity index (χ3v) is 4.00. The molecule has 0 bridgehead atoms. The van der Waals surface area contributed by atoms with Gasteiger partial charge in [0, 0.05) is 33.5 Å². The molecule has 2 aromatic carbocycles. The van der Waals surface area contributed by atoms with E-state index in [0.29, 0.717) is 33.5 Å². The Labute approximate surface area is 163 Å². The van der Waals surface area contributed by atoms with E-state index in [2.05, 4.69) is 22.9 Å². The summed E-state index contributed by atoms with van der Waals surface area (Å²) in [6.45, 7) is 2.79. The van der Waals surface area contributed by atoms with Gasteiger partial charge in [-0.1, -0.05) is 36.5 Å². The molecule has 26 heavy (non-hydrogen) atoms. The molecule has 0 fully saturated rings. The van der Waals surface area contributed by atoms with Crippen LogP contribution in [0.1, 0.15) is 30.1 Å². The minimum atomic E-state index is -0.221. The summed E-state index contributed by atoms with van der Waals surface area (Å²) in [6.07, 6.45) is 1.98. The number of rotatable bonds is 8. The number of halogens is 2. The predicted molar refractivity (Wildman–Crippen MR) is 107 cm³/mol. The predicted octanol–water partition coefficient (Wildman–Crippen LogP) is 4.57. The van der Waals surface area contributed by atoms with E-state index in [0.717, 1.165) is 12.8 Å². The minimum Gasteiger partial charge on any atom is -0.376 e. The summed E-state index contributed by atoms with van der Waals surface area (Å²) >= 11 is 11.8. The first-order valence-corrected chi connectivity index (χ1v) is 9.11. The SMILES string of the molecule is CCCCNC(=O)c1ccc(NC(=O)CNc2cc(Cl)cc(Cl)c2)cc1. The Balaban J connectivity index is 1.84. The summed E-state index contributed by atoms with van der Waals surface area (Å²) in [5.74, 6) is -0.336. The van der Waals surface area contributed by atoms with E-state index in [1.54, 1.807) is 42.5 Å². The number of hydrogen-bond donors (Lipinski definition) is 3. The second-order valence-corrected chi connectivity index (χ2v) is 6.62. The Bertz CT molecular complexity index is 744. The summed E-state index contributed by atoms with van der Waals surface area (Å²) in [7, 11) is 0. The number of anilines is 2. The maximum atomic E-state index is 12.0. The van der Waals surface area contributed by atoms with Crippen LogP contribution in [-0.4, -0.2) is 24.9 Å². The zero-order valence-corrected chi connectivity index (χ0v) is 16.0. The van der Waals surface area contributed by atoms with Crippen LogP contribution in [0, 0.1) is 0 Å². The van der Waals surface area contributed by atoms with Crippen molar-refractivity contribution in [3.63, 3.8) is 0 Å². The number of carbonyl (C=O) groups is 2. The van der Waals surface area contributed by atoms with E-state index < -0.39 is 0 Å². The number of unbranched alkanes of at least 4 members (excludes halogenated alkanes) is 1. The first kappa shape index (κ1) is 20.1. The van der Waals surface area contributed by atoms with Gasteiger partial charge in [-0.2, -0.15) is 0 Å². The van der Waals surface area contributed by atoms with E-state index >= 15 is 0 Å². The van der Waals surface area contributed by atoms with Crippen LogP contribution in [0.3, 0.4) is 0 Å². The molecule has 5 nitrogen and oxygen atoms in total. The highest BCUT2D eigenvalue weighted by atomic mass is 35.5. The van der Waals surface area contributed by atoms with Crippen LogP contribution < -0.4 is 16.0 Å². The summed E-state index contributed by atoms with van der Waals surface area (Å²) in [5, 5.41) is 9.56. The molecule has 0 spiro atoms. The van der Waals surface area contributed by atoms with Crippen molar-refractivity contribution in [2.24, 2.45) is 0 Å². The molecule has 2 rings (SSSR count). The van der Waals surface area contributed by atoms with E-state index in [9.17, 15) is 9.59 Å². The zero-order chi connectivity index (χ0) is 18.9. The van der Waals surface area contributed by atoms with E-state index in [-0.39, 0.29) is 18.4 Å². The van der Waals surface area contributed by atoms with Crippen molar-refractivity contribution >= 4 is 46.4 Å². The number of nitrogens with one attached hydrogen (secondary N) is 3. The van der Waals surface area contributed by atoms with Crippen LogP contribution >= 0.6 is 23.2 Å². The average molecular weight is 394 g/mol. The van der Waals surface area contributed by atoms with Gasteiger partial charge in [0.15, 0.2) is 0 Å². The smallest absolute Gasteiger partial charge is 0.251 e. The van der Waals surface area contributed by atoms with Crippen LogP contribution in [-0.2, 0) is 4.79 Å². The number of carbonyl (C=O) groups excluding carboxylic acids is 2. The van der Waals surface area contributed by atoms with E-state index in [4.69, 9.17) is 23.2 Å². The van der Waals surface area contributed by atoms with Crippen molar-refractivity contribution < 1.29 is 9.59 Å². The van der Waals surface area contributed by atoms with Gasteiger partial charge in [0.1, 0.15) is 0 Å². The molecule has 0 aliphatic heterocycles. The standard InChI is InChI=1S/C19H21Cl2N3O2/c1-2-3-8-22-19(26)13-4-6-16(7-5-13)24-18(25)12-23-17-10-14(20)9-15(21)11-17/h4-7,9-11,23H,2-3,8,12H2,1H3,(H,22,26)(H,24,25). The molecule has 3 N–H and O–H groups in total. The number of hydrogen-bond acceptors (Lipinski definition) is 3. The van der Waals surface area contributed by atoms with Gasteiger partial charge in [0.05, 0.1) is 6.54 Å². The van der Waals surface area contributed by atoms with Crippen LogP contribution in [0.25, 0.3) is 0 Å². The van der Waals surface area contributed by atoms with E-state index in [1.165, 1.54) is 0 Å². The molecule has 2 amide bonds. The third kappa shape index (κ3) is 6.58. The molecule has 0 unspecified atom stereocenters. The molecule has 0 atom stereocenters. The summed E-state index contributed by atoms with van der Waals surface area (Å²) in [6, 6.07) is 11.8. The fourth-order valence-electron chi connectivity index (χ4n) is 2.23. The molecule has 0 radical (unpaired) electrons. The normalized spacial score (nSPS) is 10.3. The first-order valence-electron chi connectivity index (χ1n) is 8.36. The van der Waals surface area contributed by atoms with Crippen LogP contribution in [0.4, 0.5) is 11.4 Å². The molecular weight excluding hydrogens is 373 g/mol. The van der Waals surface area contributed by atoms with E-state index in [1.807, 2.05) is 0 Å². The lowest BCUT2D eigenvalue weighted by atomic mass is 10.2. The van der Waals surface area contributed by atoms with Crippen LogP contribution in [0.5, 0.6) is 0 Å². The molecule has 0 heterocycles. The van der Waals surface area contributed by atoms with Gasteiger partial charge in [-0.25, -0.2) is 0 Å². The van der Waals surface area contributed by atoms with Crippen LogP contribution in [0.15, 0.2) is 42.5 Å². The van der Waals surface area contributed by atoms with Crippen molar-refractivity contribution in [3.8, 4) is 0 Å². The van der Waals surface area contributed by atoms with Gasteiger partial charge in [-0.3, -0.25) is 9.59 Å². The molecule has 0 aromatic heterocycles. The maximum Gasteiger partial charge on any atom is 0.251 e. The van der Waals surface area contributed by atoms with Crippen LogP contribution in [0.2, 0.25) is 10.0 Å². The molecule has 0 aliphatic rings. The summed E-state index contributed by atoms with van der Waals surface area (Å²) in [4.78, 5) is 24.0. The van der Waals surface area contributed by atoms with Gasteiger partial charge < -0.3 is 16.0 Å². The van der Waals surface area contributed by atoms with Crippen molar-refractivity contribution in [1.82, 2.24) is 5.32 Å². The average Bonchev–Trinajstić information content (AvgIpc) is 2.60. The fraction of sp³-hybridized carbons (Fsp3) is 0.263. The Morgan fingerprint density at radius 2 is 1.62 bits per heavy atom. The number of amides is 2. The Morgan fingerprint density at radius 1 is 0.962 bits per heavy atom. The molecule has 0 saturated heterocycles. The highest BCUT2D eigenvalue weighted by Gasteiger charge is 2.07. The molecule has 0 aliphatic carbocycles. The molecule has 2 aromatic rings. The molecular formula is C19H21Cl2N3O2. The Kier molecular flexibility index (Phi) is 7.75. The maximum absolute atomic E-state index is 12.0. The lowest BCUT2D eigenvalue weighted by Crippen LogP contribution is -2.24. The number of benzene rings is 2. The van der Waals surface area contributed by atoms with Gasteiger partial charge in [0.25, 0.3) is 5.91 Å².